The second kappa shape index (κ2) is 39.5. The molecule has 2 amide bonds. The number of nitrogens with zero attached hydrogens (tertiary/aromatic N) is 2. The number of rotatable bonds is 46. The number of fused-ring (bicyclic) bond motifs is 2. The molecule has 4 nitrogen and oxygen atoms in total. The molecule has 72 heavy (non-hydrogen) atoms. The van der Waals surface area contributed by atoms with Crippen molar-refractivity contribution in [2.45, 2.75) is 322 Å². The van der Waals surface area contributed by atoms with E-state index in [-0.39, 0.29) is 23.9 Å². The number of amides is 2. The Morgan fingerprint density at radius 2 is 0.528 bits per heavy atom. The van der Waals surface area contributed by atoms with E-state index in [0.717, 1.165) is 82.8 Å². The summed E-state index contributed by atoms with van der Waals surface area (Å²) in [5.74, 6) is 0.0690. The normalized spacial score (nSPS) is 14.6. The number of halogens is 2. The van der Waals surface area contributed by atoms with E-state index in [9.17, 15) is 0 Å². The Kier molecular flexibility index (Phi) is 34.3. The van der Waals surface area contributed by atoms with Crippen LogP contribution < -0.4 is 9.80 Å². The summed E-state index contributed by atoms with van der Waals surface area (Å²) in [6.07, 6.45) is 56.4. The van der Waals surface area contributed by atoms with Crippen molar-refractivity contribution in [2.24, 2.45) is 0 Å². The largest absolute Gasteiger partial charge is 0.305 e. The molecular formula is C66H108Br2N2O2. The van der Waals surface area contributed by atoms with Gasteiger partial charge in [-0.1, -0.05) is 329 Å². The number of unbranched alkanes of at least 4 members (excludes halogenated alkanes) is 36. The molecule has 408 valence electrons. The summed E-state index contributed by atoms with van der Waals surface area (Å²) in [5.41, 5.74) is 5.08. The molecule has 0 aliphatic carbocycles. The van der Waals surface area contributed by atoms with E-state index in [2.05, 4.69) is 106 Å². The summed E-state index contributed by atoms with van der Waals surface area (Å²) in [6, 6.07) is 13.0. The maximum Gasteiger partial charge on any atom is 0.260 e. The van der Waals surface area contributed by atoms with Gasteiger partial charge in [-0.05, 0) is 49.9 Å². The Bertz CT molecular complexity index is 1610. The maximum atomic E-state index is 15.6. The monoisotopic (exact) mass is 1120 g/mol. The minimum absolute atomic E-state index is 0.0345. The van der Waals surface area contributed by atoms with Crippen LogP contribution in [0.15, 0.2) is 45.3 Å². The quantitative estimate of drug-likeness (QED) is 0.0490. The molecular weight excluding hydrogens is 1010 g/mol. The van der Waals surface area contributed by atoms with Crippen LogP contribution in [0.3, 0.4) is 0 Å². The zero-order valence-corrected chi connectivity index (χ0v) is 50.4. The molecule has 2 aromatic rings. The van der Waals surface area contributed by atoms with E-state index in [0.29, 0.717) is 11.1 Å². The third kappa shape index (κ3) is 22.7. The van der Waals surface area contributed by atoms with E-state index < -0.39 is 0 Å². The van der Waals surface area contributed by atoms with Crippen LogP contribution in [0.1, 0.15) is 321 Å². The molecule has 0 saturated carbocycles. The lowest BCUT2D eigenvalue weighted by Gasteiger charge is -2.29. The molecule has 0 unspecified atom stereocenters. The minimum Gasteiger partial charge on any atom is -0.305 e. The average molecular weight is 1120 g/mol. The highest BCUT2D eigenvalue weighted by Crippen LogP contribution is 2.50. The fourth-order valence-electron chi connectivity index (χ4n) is 12.0. The van der Waals surface area contributed by atoms with Gasteiger partial charge in [-0.2, -0.15) is 0 Å². The van der Waals surface area contributed by atoms with Crippen molar-refractivity contribution < 1.29 is 9.59 Å². The highest BCUT2D eigenvalue weighted by atomic mass is 79.9. The van der Waals surface area contributed by atoms with Crippen LogP contribution in [0.5, 0.6) is 0 Å². The fraction of sp³-hybridized carbons (Fsp3) is 0.758. The predicted octanol–water partition coefficient (Wildman–Crippen LogP) is 22.8. The molecule has 0 radical (unpaired) electrons. The van der Waals surface area contributed by atoms with Gasteiger partial charge < -0.3 is 9.80 Å². The number of hydrogen-bond donors (Lipinski definition) is 0. The topological polar surface area (TPSA) is 40.6 Å². The molecule has 2 aromatic carbocycles. The Balaban J connectivity index is 1.56. The van der Waals surface area contributed by atoms with Gasteiger partial charge in [-0.15, -0.1) is 0 Å². The van der Waals surface area contributed by atoms with Gasteiger partial charge in [0.1, 0.15) is 0 Å². The molecule has 0 aromatic heterocycles. The minimum atomic E-state index is 0.0345. The van der Waals surface area contributed by atoms with Gasteiger partial charge >= 0.3 is 0 Å². The Morgan fingerprint density at radius 1 is 0.319 bits per heavy atom. The number of carbonyl (C=O) groups is 2. The van der Waals surface area contributed by atoms with E-state index in [1.54, 1.807) is 0 Å². The fourth-order valence-corrected chi connectivity index (χ4v) is 12.7. The van der Waals surface area contributed by atoms with Crippen LogP contribution in [0.2, 0.25) is 0 Å². The van der Waals surface area contributed by atoms with E-state index >= 15 is 9.59 Å². The number of carbonyl (C=O) groups excluding carboxylic acids is 2. The highest BCUT2D eigenvalue weighted by Gasteiger charge is 2.45. The first-order valence-electron chi connectivity index (χ1n) is 31.4. The van der Waals surface area contributed by atoms with Gasteiger partial charge in [0.05, 0.1) is 22.5 Å². The number of benzene rings is 2. The summed E-state index contributed by atoms with van der Waals surface area (Å²) in [5, 5.41) is 0. The van der Waals surface area contributed by atoms with Crippen LogP contribution in [-0.2, 0) is 9.59 Å². The summed E-state index contributed by atoms with van der Waals surface area (Å²) < 4.78 is 1.97. The molecule has 6 heteroatoms. The van der Waals surface area contributed by atoms with E-state index in [1.807, 2.05) is 0 Å². The van der Waals surface area contributed by atoms with Crippen molar-refractivity contribution in [1.29, 1.82) is 0 Å². The first-order chi connectivity index (χ1) is 35.4. The summed E-state index contributed by atoms with van der Waals surface area (Å²) in [7, 11) is 0. The van der Waals surface area contributed by atoms with Crippen LogP contribution in [0, 0.1) is 0 Å². The van der Waals surface area contributed by atoms with Crippen LogP contribution >= 0.6 is 31.9 Å². The summed E-state index contributed by atoms with van der Waals surface area (Å²) in [4.78, 5) is 35.5. The predicted molar refractivity (Wildman–Crippen MR) is 323 cm³/mol. The van der Waals surface area contributed by atoms with Crippen LogP contribution in [-0.4, -0.2) is 23.9 Å². The second-order valence-electron chi connectivity index (χ2n) is 22.6. The third-order valence-corrected chi connectivity index (χ3v) is 17.4. The zero-order valence-electron chi connectivity index (χ0n) is 47.2. The second-order valence-corrected chi connectivity index (χ2v) is 24.4. The molecule has 2 heterocycles. The van der Waals surface area contributed by atoms with Gasteiger partial charge in [-0.25, -0.2) is 0 Å². The number of hydrogen-bond acceptors (Lipinski definition) is 2. The SMILES string of the molecule is CCCCCCCCCCCCC(CCCCCCCCCCCC)N1C(=O)/C(=C2/C(=O)N(C(CCCCCCCCCCCC)CCCCCCCCCCCC)c3cc(Br)ccc32)c2ccc(Br)cc21. The first-order valence-corrected chi connectivity index (χ1v) is 33.0. The Labute approximate surface area is 461 Å². The smallest absolute Gasteiger partial charge is 0.260 e. The van der Waals surface area contributed by atoms with Crippen molar-refractivity contribution in [3.63, 3.8) is 0 Å². The number of anilines is 2. The molecule has 0 spiro atoms. The van der Waals surface area contributed by atoms with Crippen LogP contribution in [0.4, 0.5) is 11.4 Å². The highest BCUT2D eigenvalue weighted by molar-refractivity contribution is 9.10. The van der Waals surface area contributed by atoms with Crippen molar-refractivity contribution in [3.8, 4) is 0 Å². The first kappa shape index (κ1) is 62.6. The third-order valence-electron chi connectivity index (χ3n) is 16.4. The lowest BCUT2D eigenvalue weighted by molar-refractivity contribution is -0.115. The molecule has 2 aliphatic heterocycles. The van der Waals surface area contributed by atoms with E-state index in [1.165, 1.54) is 231 Å². The van der Waals surface area contributed by atoms with Gasteiger partial charge in [-0.3, -0.25) is 9.59 Å². The Hall–Kier alpha value is -1.92. The van der Waals surface area contributed by atoms with Crippen molar-refractivity contribution in [3.05, 3.63) is 56.5 Å². The van der Waals surface area contributed by atoms with Crippen molar-refractivity contribution in [1.82, 2.24) is 0 Å². The summed E-state index contributed by atoms with van der Waals surface area (Å²) >= 11 is 7.66. The van der Waals surface area contributed by atoms with Gasteiger partial charge in [0.15, 0.2) is 0 Å². The van der Waals surface area contributed by atoms with E-state index in [4.69, 9.17) is 0 Å². The summed E-state index contributed by atoms with van der Waals surface area (Å²) in [6.45, 7) is 9.18. The maximum absolute atomic E-state index is 15.6. The molecule has 0 bridgehead atoms. The average Bonchev–Trinajstić information content (AvgIpc) is 3.81. The van der Waals surface area contributed by atoms with Gasteiger partial charge in [0, 0.05) is 32.2 Å². The molecule has 2 aliphatic rings. The Morgan fingerprint density at radius 3 is 0.750 bits per heavy atom. The van der Waals surface area contributed by atoms with Gasteiger partial charge in [0.25, 0.3) is 11.8 Å². The zero-order chi connectivity index (χ0) is 51.4. The van der Waals surface area contributed by atoms with Crippen molar-refractivity contribution in [2.75, 3.05) is 9.80 Å². The molecule has 4 rings (SSSR count). The molecule has 0 fully saturated rings. The van der Waals surface area contributed by atoms with Crippen molar-refractivity contribution >= 4 is 66.2 Å². The van der Waals surface area contributed by atoms with Gasteiger partial charge in [0.2, 0.25) is 0 Å². The lowest BCUT2D eigenvalue weighted by atomic mass is 9.96. The molecule has 0 atom stereocenters. The molecule has 0 N–H and O–H groups in total. The molecule has 0 saturated heterocycles. The standard InChI is InChI=1S/C66H108Br2N2O2/c1-5-9-13-17-21-25-29-33-37-41-45-57(46-42-38-34-30-26-22-18-14-10-6-2)69-61-53-55(67)49-51-59(61)63(65(69)71)64-60-52-50-56(68)54-62(60)70(66(64)72)58(47-43-39-35-31-27-23-19-15-11-7-3)48-44-40-36-32-28-24-20-16-12-8-4/h49-54,57-58H,5-48H2,1-4H3/b64-63+. The van der Waals surface area contributed by atoms with Crippen LogP contribution in [0.25, 0.3) is 11.1 Å². The lowest BCUT2D eigenvalue weighted by Crippen LogP contribution is -2.39.